The molecule has 2 aromatic carbocycles. The van der Waals surface area contributed by atoms with Crippen molar-refractivity contribution in [2.75, 3.05) is 5.32 Å². The van der Waals surface area contributed by atoms with Gasteiger partial charge in [0.1, 0.15) is 6.54 Å². The highest BCUT2D eigenvalue weighted by Gasteiger charge is 2.19. The van der Waals surface area contributed by atoms with E-state index in [0.29, 0.717) is 16.6 Å². The second kappa shape index (κ2) is 8.57. The van der Waals surface area contributed by atoms with E-state index < -0.39 is 0 Å². The molecule has 2 aliphatic carbocycles. The highest BCUT2D eigenvalue weighted by atomic mass is 16.2. The molecule has 0 spiro atoms. The zero-order valence-corrected chi connectivity index (χ0v) is 17.9. The molecule has 0 saturated heterocycles. The van der Waals surface area contributed by atoms with E-state index in [2.05, 4.69) is 21.7 Å². The van der Waals surface area contributed by atoms with Gasteiger partial charge in [-0.05, 0) is 73.6 Å². The van der Waals surface area contributed by atoms with Gasteiger partial charge in [-0.25, -0.2) is 4.98 Å². The number of carbonyl (C=O) groups is 2. The summed E-state index contributed by atoms with van der Waals surface area (Å²) in [6.07, 6.45) is 8.77. The van der Waals surface area contributed by atoms with E-state index in [0.717, 1.165) is 50.6 Å². The zero-order chi connectivity index (χ0) is 22.1. The summed E-state index contributed by atoms with van der Waals surface area (Å²) in [5, 5.41) is 5.96. The first-order valence-corrected chi connectivity index (χ1v) is 11.3. The molecule has 1 saturated carbocycles. The number of aromatic nitrogens is 2. The Labute approximate surface area is 185 Å². The van der Waals surface area contributed by atoms with Crippen LogP contribution in [0.25, 0.3) is 11.0 Å². The first-order valence-electron chi connectivity index (χ1n) is 11.3. The molecule has 0 bridgehead atoms. The van der Waals surface area contributed by atoms with Crippen molar-refractivity contribution in [1.82, 2.24) is 14.9 Å². The van der Waals surface area contributed by atoms with E-state index >= 15 is 0 Å². The van der Waals surface area contributed by atoms with Gasteiger partial charge >= 0.3 is 0 Å². The van der Waals surface area contributed by atoms with Crippen LogP contribution < -0.4 is 16.2 Å². The van der Waals surface area contributed by atoms with E-state index in [9.17, 15) is 14.4 Å². The lowest BCUT2D eigenvalue weighted by molar-refractivity contribution is -0.116. The van der Waals surface area contributed by atoms with Gasteiger partial charge in [-0.15, -0.1) is 0 Å². The van der Waals surface area contributed by atoms with Crippen molar-refractivity contribution < 1.29 is 9.59 Å². The van der Waals surface area contributed by atoms with Crippen LogP contribution in [0.2, 0.25) is 0 Å². The molecule has 0 atom stereocenters. The number of nitrogens with one attached hydrogen (secondary N) is 2. The van der Waals surface area contributed by atoms with Crippen LogP contribution in [0, 0.1) is 0 Å². The Morgan fingerprint density at radius 2 is 1.81 bits per heavy atom. The fourth-order valence-electron chi connectivity index (χ4n) is 4.81. The van der Waals surface area contributed by atoms with Gasteiger partial charge < -0.3 is 10.6 Å². The maximum absolute atomic E-state index is 12.7. The molecular weight excluding hydrogens is 404 g/mol. The number of hydrogen-bond donors (Lipinski definition) is 2. The maximum atomic E-state index is 12.7. The Morgan fingerprint density at radius 1 is 1.00 bits per heavy atom. The molecule has 0 aliphatic heterocycles. The Morgan fingerprint density at radius 3 is 2.66 bits per heavy atom. The summed E-state index contributed by atoms with van der Waals surface area (Å²) in [6.45, 7) is -0.122. The number of nitrogens with zero attached hydrogens (tertiary/aromatic N) is 2. The van der Waals surface area contributed by atoms with Crippen molar-refractivity contribution in [1.29, 1.82) is 0 Å². The fourth-order valence-corrected chi connectivity index (χ4v) is 4.81. The third-order valence-corrected chi connectivity index (χ3v) is 6.48. The maximum Gasteiger partial charge on any atom is 0.269 e. The first-order chi connectivity index (χ1) is 15.6. The van der Waals surface area contributed by atoms with Gasteiger partial charge in [-0.1, -0.05) is 18.9 Å². The van der Waals surface area contributed by atoms with E-state index in [1.165, 1.54) is 21.9 Å². The van der Waals surface area contributed by atoms with Crippen molar-refractivity contribution in [3.05, 3.63) is 69.6 Å². The SMILES string of the molecule is O=C(Cn1c(=O)cnc2cc(C(=O)NC3CCCC3)ccc21)Nc1ccc2c(c1)CCC2. The number of aryl methyl sites for hydroxylation is 2. The number of rotatable bonds is 5. The number of fused-ring (bicyclic) bond motifs is 2. The zero-order valence-electron chi connectivity index (χ0n) is 17.9. The van der Waals surface area contributed by atoms with Gasteiger partial charge in [-0.3, -0.25) is 19.0 Å². The highest BCUT2D eigenvalue weighted by molar-refractivity contribution is 5.98. The van der Waals surface area contributed by atoms with Crippen LogP contribution in [-0.4, -0.2) is 27.4 Å². The molecule has 2 amide bonds. The average molecular weight is 431 g/mol. The molecule has 7 nitrogen and oxygen atoms in total. The van der Waals surface area contributed by atoms with E-state index in [4.69, 9.17) is 0 Å². The summed E-state index contributed by atoms with van der Waals surface area (Å²) in [5.74, 6) is -0.409. The number of benzene rings is 2. The minimum absolute atomic E-state index is 0.122. The van der Waals surface area contributed by atoms with Gasteiger partial charge in [0.05, 0.1) is 17.2 Å². The minimum Gasteiger partial charge on any atom is -0.349 e. The van der Waals surface area contributed by atoms with Crippen molar-refractivity contribution >= 4 is 28.5 Å². The van der Waals surface area contributed by atoms with Gasteiger partial charge in [0.25, 0.3) is 11.5 Å². The number of amides is 2. The molecule has 32 heavy (non-hydrogen) atoms. The summed E-state index contributed by atoms with van der Waals surface area (Å²) in [6, 6.07) is 11.3. The first kappa shape index (κ1) is 20.4. The summed E-state index contributed by atoms with van der Waals surface area (Å²) in [4.78, 5) is 41.9. The Balaban J connectivity index is 1.34. The normalized spacial score (nSPS) is 15.6. The third-order valence-electron chi connectivity index (χ3n) is 6.48. The summed E-state index contributed by atoms with van der Waals surface area (Å²) in [7, 11) is 0. The van der Waals surface area contributed by atoms with Crippen LogP contribution in [0.15, 0.2) is 47.4 Å². The molecule has 0 unspecified atom stereocenters. The second-order valence-electron chi connectivity index (χ2n) is 8.73. The predicted octanol–water partition coefficient (Wildman–Crippen LogP) is 3.20. The van der Waals surface area contributed by atoms with Crippen LogP contribution in [0.4, 0.5) is 5.69 Å². The van der Waals surface area contributed by atoms with Gasteiger partial charge in [-0.2, -0.15) is 0 Å². The molecule has 1 heterocycles. The van der Waals surface area contributed by atoms with Crippen molar-refractivity contribution in [3.8, 4) is 0 Å². The predicted molar refractivity (Wildman–Crippen MR) is 123 cm³/mol. The molecule has 2 aliphatic rings. The van der Waals surface area contributed by atoms with E-state index in [1.54, 1.807) is 18.2 Å². The van der Waals surface area contributed by atoms with Crippen LogP contribution in [-0.2, 0) is 24.2 Å². The average Bonchev–Trinajstić information content (AvgIpc) is 3.47. The van der Waals surface area contributed by atoms with Gasteiger partial charge in [0.15, 0.2) is 0 Å². The topological polar surface area (TPSA) is 93.1 Å². The standard InChI is InChI=1S/C25H26N4O3/c30-23(27-20-10-8-16-4-3-5-17(16)12-20)15-29-22-11-9-18(13-21(22)26-14-24(29)31)25(32)28-19-6-1-2-7-19/h8-14,19H,1-7,15H2,(H,27,30)(H,28,32). The smallest absolute Gasteiger partial charge is 0.269 e. The largest absolute Gasteiger partial charge is 0.349 e. The lowest BCUT2D eigenvalue weighted by atomic mass is 10.1. The minimum atomic E-state index is -0.357. The molecule has 3 aromatic rings. The quantitative estimate of drug-likeness (QED) is 0.650. The summed E-state index contributed by atoms with van der Waals surface area (Å²) >= 11 is 0. The van der Waals surface area contributed by atoms with Crippen molar-refractivity contribution in [2.45, 2.75) is 57.5 Å². The summed E-state index contributed by atoms with van der Waals surface area (Å²) in [5.41, 5.74) is 4.54. The fraction of sp³-hybridized carbons (Fsp3) is 0.360. The number of anilines is 1. The van der Waals surface area contributed by atoms with Gasteiger partial charge in [0.2, 0.25) is 5.91 Å². The van der Waals surface area contributed by atoms with E-state index in [-0.39, 0.29) is 30.0 Å². The molecule has 1 fully saturated rings. The highest BCUT2D eigenvalue weighted by Crippen LogP contribution is 2.25. The lowest BCUT2D eigenvalue weighted by Crippen LogP contribution is -2.32. The van der Waals surface area contributed by atoms with Crippen LogP contribution in [0.3, 0.4) is 0 Å². The molecular formula is C25H26N4O3. The Bertz CT molecular complexity index is 1260. The molecule has 2 N–H and O–H groups in total. The van der Waals surface area contributed by atoms with Crippen LogP contribution >= 0.6 is 0 Å². The molecule has 164 valence electrons. The Kier molecular flexibility index (Phi) is 5.47. The number of carbonyl (C=O) groups excluding carboxylic acids is 2. The van der Waals surface area contributed by atoms with Gasteiger partial charge in [0, 0.05) is 17.3 Å². The van der Waals surface area contributed by atoms with Crippen LogP contribution in [0.1, 0.15) is 53.6 Å². The third kappa shape index (κ3) is 4.15. The number of hydrogen-bond acceptors (Lipinski definition) is 4. The molecule has 1 aromatic heterocycles. The van der Waals surface area contributed by atoms with Crippen molar-refractivity contribution in [2.24, 2.45) is 0 Å². The van der Waals surface area contributed by atoms with Crippen molar-refractivity contribution in [3.63, 3.8) is 0 Å². The van der Waals surface area contributed by atoms with E-state index in [1.807, 2.05) is 12.1 Å². The molecule has 7 heteroatoms. The lowest BCUT2D eigenvalue weighted by Gasteiger charge is -2.13. The Hall–Kier alpha value is -3.48. The monoisotopic (exact) mass is 430 g/mol. The second-order valence-corrected chi connectivity index (χ2v) is 8.73. The van der Waals surface area contributed by atoms with Crippen LogP contribution in [0.5, 0.6) is 0 Å². The molecule has 0 radical (unpaired) electrons. The molecule has 5 rings (SSSR count). The summed E-state index contributed by atoms with van der Waals surface area (Å²) < 4.78 is 1.39.